The van der Waals surface area contributed by atoms with E-state index in [0.29, 0.717) is 12.5 Å². The molecule has 1 saturated heterocycles. The summed E-state index contributed by atoms with van der Waals surface area (Å²) >= 11 is 0. The molecule has 13 heavy (non-hydrogen) atoms. The van der Waals surface area contributed by atoms with Crippen molar-refractivity contribution in [2.45, 2.75) is 6.42 Å². The van der Waals surface area contributed by atoms with Crippen LogP contribution in [0.3, 0.4) is 0 Å². The zero-order valence-corrected chi connectivity index (χ0v) is 8.49. The third-order valence-electron chi connectivity index (χ3n) is 2.56. The van der Waals surface area contributed by atoms with Gasteiger partial charge in [0.2, 0.25) is 5.91 Å². The van der Waals surface area contributed by atoms with E-state index in [2.05, 4.69) is 4.90 Å². The lowest BCUT2D eigenvalue weighted by atomic mass is 10.1. The maximum atomic E-state index is 11.3. The quantitative estimate of drug-likeness (QED) is 0.636. The molecule has 1 unspecified atom stereocenters. The highest BCUT2D eigenvalue weighted by Crippen LogP contribution is 2.13. The van der Waals surface area contributed by atoms with Crippen LogP contribution in [0.25, 0.3) is 0 Å². The zero-order valence-electron chi connectivity index (χ0n) is 8.49. The zero-order chi connectivity index (χ0) is 9.84. The maximum absolute atomic E-state index is 11.3. The number of nitrogens with two attached hydrogens (primary N) is 1. The number of nitrogens with zero attached hydrogens (tertiary/aromatic N) is 2. The molecule has 4 nitrogen and oxygen atoms in total. The lowest BCUT2D eigenvalue weighted by Gasteiger charge is -2.17. The van der Waals surface area contributed by atoms with Crippen LogP contribution in [0.15, 0.2) is 0 Å². The van der Waals surface area contributed by atoms with Crippen molar-refractivity contribution in [2.24, 2.45) is 11.7 Å². The highest BCUT2D eigenvalue weighted by molar-refractivity contribution is 5.77. The Morgan fingerprint density at radius 2 is 2.31 bits per heavy atom. The highest BCUT2D eigenvalue weighted by atomic mass is 16.2. The fourth-order valence-electron chi connectivity index (χ4n) is 1.58. The van der Waals surface area contributed by atoms with Gasteiger partial charge in [-0.1, -0.05) is 0 Å². The van der Waals surface area contributed by atoms with Gasteiger partial charge < -0.3 is 10.6 Å². The van der Waals surface area contributed by atoms with Crippen LogP contribution in [0.4, 0.5) is 0 Å². The van der Waals surface area contributed by atoms with Gasteiger partial charge in [-0.3, -0.25) is 9.69 Å². The van der Waals surface area contributed by atoms with Gasteiger partial charge in [0.05, 0.1) is 6.54 Å². The Labute approximate surface area is 79.7 Å². The molecule has 4 heteroatoms. The first-order chi connectivity index (χ1) is 6.13. The van der Waals surface area contributed by atoms with E-state index in [1.807, 2.05) is 0 Å². The average Bonchev–Trinajstić information content (AvgIpc) is 2.52. The molecular formula is C9H19N3O. The van der Waals surface area contributed by atoms with Crippen LogP contribution in [0.1, 0.15) is 6.42 Å². The van der Waals surface area contributed by atoms with Crippen molar-refractivity contribution >= 4 is 5.91 Å². The molecule has 1 fully saturated rings. The van der Waals surface area contributed by atoms with Crippen LogP contribution in [0.5, 0.6) is 0 Å². The first-order valence-electron chi connectivity index (χ1n) is 4.76. The van der Waals surface area contributed by atoms with Crippen LogP contribution < -0.4 is 5.73 Å². The van der Waals surface area contributed by atoms with E-state index in [-0.39, 0.29) is 5.91 Å². The molecule has 1 aliphatic rings. The Morgan fingerprint density at radius 1 is 1.62 bits per heavy atom. The summed E-state index contributed by atoms with van der Waals surface area (Å²) in [4.78, 5) is 15.2. The first-order valence-corrected chi connectivity index (χ1v) is 4.76. The molecule has 0 radical (unpaired) electrons. The largest absolute Gasteiger partial charge is 0.348 e. The number of amides is 1. The number of likely N-dealkylation sites (N-methyl/N-ethyl adjacent to an activating group) is 1. The number of carbonyl (C=O) groups excluding carboxylic acids is 1. The van der Waals surface area contributed by atoms with E-state index in [1.54, 1.807) is 19.0 Å². The molecule has 1 rings (SSSR count). The molecule has 0 aromatic carbocycles. The third-order valence-corrected chi connectivity index (χ3v) is 2.56. The molecule has 1 atom stereocenters. The second-order valence-corrected chi connectivity index (χ2v) is 3.91. The number of hydrogen-bond acceptors (Lipinski definition) is 3. The van der Waals surface area contributed by atoms with Crippen molar-refractivity contribution < 1.29 is 4.79 Å². The van der Waals surface area contributed by atoms with Crippen molar-refractivity contribution in [3.63, 3.8) is 0 Å². The molecule has 0 aromatic heterocycles. The summed E-state index contributed by atoms with van der Waals surface area (Å²) in [5.74, 6) is 0.771. The van der Waals surface area contributed by atoms with Crippen LogP contribution in [-0.2, 0) is 4.79 Å². The number of carbonyl (C=O) groups is 1. The Hall–Kier alpha value is -0.610. The predicted octanol–water partition coefficient (Wildman–Crippen LogP) is -0.645. The molecule has 0 spiro atoms. The number of likely N-dealkylation sites (tertiary alicyclic amines) is 1. The topological polar surface area (TPSA) is 49.6 Å². The van der Waals surface area contributed by atoms with E-state index in [9.17, 15) is 4.79 Å². The van der Waals surface area contributed by atoms with Crippen LogP contribution in [-0.4, -0.2) is 56.0 Å². The molecular weight excluding hydrogens is 166 g/mol. The van der Waals surface area contributed by atoms with Gasteiger partial charge in [-0.15, -0.1) is 0 Å². The highest BCUT2D eigenvalue weighted by Gasteiger charge is 2.22. The van der Waals surface area contributed by atoms with Gasteiger partial charge in [-0.05, 0) is 25.4 Å². The summed E-state index contributed by atoms with van der Waals surface area (Å²) < 4.78 is 0. The van der Waals surface area contributed by atoms with Crippen molar-refractivity contribution in [1.29, 1.82) is 0 Å². The Bertz CT molecular complexity index is 182. The van der Waals surface area contributed by atoms with Gasteiger partial charge >= 0.3 is 0 Å². The van der Waals surface area contributed by atoms with Gasteiger partial charge in [0.25, 0.3) is 0 Å². The van der Waals surface area contributed by atoms with E-state index in [4.69, 9.17) is 5.73 Å². The molecule has 0 aliphatic carbocycles. The monoisotopic (exact) mass is 185 g/mol. The van der Waals surface area contributed by atoms with E-state index in [0.717, 1.165) is 26.1 Å². The number of hydrogen-bond donors (Lipinski definition) is 1. The fourth-order valence-corrected chi connectivity index (χ4v) is 1.58. The summed E-state index contributed by atoms with van der Waals surface area (Å²) in [5, 5.41) is 0. The molecule has 76 valence electrons. The van der Waals surface area contributed by atoms with Crippen LogP contribution in [0.2, 0.25) is 0 Å². The summed E-state index contributed by atoms with van der Waals surface area (Å²) in [6, 6.07) is 0. The van der Waals surface area contributed by atoms with Crippen LogP contribution >= 0.6 is 0 Å². The van der Waals surface area contributed by atoms with E-state index < -0.39 is 0 Å². The van der Waals surface area contributed by atoms with Crippen LogP contribution in [0, 0.1) is 5.92 Å². The maximum Gasteiger partial charge on any atom is 0.236 e. The van der Waals surface area contributed by atoms with Gasteiger partial charge in [0.15, 0.2) is 0 Å². The standard InChI is InChI=1S/C9H19N3O/c1-11(2)9(13)7-12-4-3-8(5-10)6-12/h8H,3-7,10H2,1-2H3. The van der Waals surface area contributed by atoms with Gasteiger partial charge in [0.1, 0.15) is 0 Å². The normalized spacial score (nSPS) is 23.5. The first kappa shape index (κ1) is 10.5. The molecule has 1 aliphatic heterocycles. The molecule has 0 aromatic rings. The lowest BCUT2D eigenvalue weighted by molar-refractivity contribution is -0.129. The fraction of sp³-hybridized carbons (Fsp3) is 0.889. The molecule has 2 N–H and O–H groups in total. The van der Waals surface area contributed by atoms with E-state index in [1.165, 1.54) is 0 Å². The van der Waals surface area contributed by atoms with Gasteiger partial charge in [-0.25, -0.2) is 0 Å². The van der Waals surface area contributed by atoms with Gasteiger partial charge in [0, 0.05) is 20.6 Å². The van der Waals surface area contributed by atoms with Crippen molar-refractivity contribution in [3.8, 4) is 0 Å². The third kappa shape index (κ3) is 2.97. The molecule has 1 heterocycles. The second kappa shape index (κ2) is 4.58. The minimum absolute atomic E-state index is 0.178. The Kier molecular flexibility index (Phi) is 3.69. The Balaban J connectivity index is 2.28. The van der Waals surface area contributed by atoms with E-state index >= 15 is 0 Å². The number of rotatable bonds is 3. The SMILES string of the molecule is CN(C)C(=O)CN1CCC(CN)C1. The summed E-state index contributed by atoms with van der Waals surface area (Å²) in [5.41, 5.74) is 5.56. The lowest BCUT2D eigenvalue weighted by Crippen LogP contribution is -2.35. The van der Waals surface area contributed by atoms with Crippen molar-refractivity contribution in [2.75, 3.05) is 40.3 Å². The molecule has 1 amide bonds. The second-order valence-electron chi connectivity index (χ2n) is 3.91. The minimum Gasteiger partial charge on any atom is -0.348 e. The molecule has 0 saturated carbocycles. The van der Waals surface area contributed by atoms with Crippen molar-refractivity contribution in [3.05, 3.63) is 0 Å². The summed E-state index contributed by atoms with van der Waals surface area (Å²) in [6.45, 7) is 3.29. The average molecular weight is 185 g/mol. The van der Waals surface area contributed by atoms with Crippen molar-refractivity contribution in [1.82, 2.24) is 9.80 Å². The summed E-state index contributed by atoms with van der Waals surface area (Å²) in [6.07, 6.45) is 1.14. The molecule has 0 bridgehead atoms. The predicted molar refractivity (Wildman–Crippen MR) is 52.3 cm³/mol. The minimum atomic E-state index is 0.178. The summed E-state index contributed by atoms with van der Waals surface area (Å²) in [7, 11) is 3.58. The Morgan fingerprint density at radius 3 is 2.77 bits per heavy atom. The smallest absolute Gasteiger partial charge is 0.236 e. The van der Waals surface area contributed by atoms with Gasteiger partial charge in [-0.2, -0.15) is 0 Å².